The summed E-state index contributed by atoms with van der Waals surface area (Å²) in [5, 5.41) is 0.727. The molecule has 3 aromatic carbocycles. The first-order valence-corrected chi connectivity index (χ1v) is 15.0. The molecule has 2 heterocycles. The average molecular weight is 675 g/mol. The second-order valence-corrected chi connectivity index (χ2v) is 10.6. The molecule has 0 aliphatic heterocycles. The number of ether oxygens (including phenoxy) is 5. The molecule has 0 saturated heterocycles. The number of anilines is 1. The van der Waals surface area contributed by atoms with Gasteiger partial charge < -0.3 is 29.4 Å². The molecular weight excluding hydrogens is 642 g/mol. The molecule has 0 amide bonds. The molecule has 0 aliphatic rings. The highest BCUT2D eigenvalue weighted by Crippen LogP contribution is 2.44. The van der Waals surface area contributed by atoms with Gasteiger partial charge >= 0.3 is 5.97 Å². The Morgan fingerprint density at radius 1 is 0.844 bits per heavy atom. The third-order valence-electron chi connectivity index (χ3n) is 7.05. The lowest BCUT2D eigenvalue weighted by Crippen LogP contribution is -2.27. The Bertz CT molecular complexity index is 1880. The van der Waals surface area contributed by atoms with Crippen molar-refractivity contribution in [3.05, 3.63) is 99.1 Å². The van der Waals surface area contributed by atoms with Crippen LogP contribution in [0, 0.1) is 0 Å². The summed E-state index contributed by atoms with van der Waals surface area (Å²) in [5.74, 6) is 0.985. The van der Waals surface area contributed by atoms with Crippen LogP contribution >= 0.6 is 15.9 Å². The zero-order valence-corrected chi connectivity index (χ0v) is 26.8. The van der Waals surface area contributed by atoms with Gasteiger partial charge in [-0.2, -0.15) is 0 Å². The Labute approximate surface area is 268 Å². The molecule has 232 valence electrons. The van der Waals surface area contributed by atoms with Gasteiger partial charge in [0.05, 0.1) is 32.8 Å². The lowest BCUT2D eigenvalue weighted by Gasteiger charge is -2.22. The second kappa shape index (κ2) is 13.7. The van der Waals surface area contributed by atoms with E-state index in [4.69, 9.17) is 29.4 Å². The minimum absolute atomic E-state index is 0.0125. The number of pyridine rings is 2. The molecule has 0 unspecified atom stereocenters. The first-order valence-electron chi connectivity index (χ1n) is 14.2. The highest BCUT2D eigenvalue weighted by atomic mass is 79.9. The van der Waals surface area contributed by atoms with Crippen molar-refractivity contribution in [2.24, 2.45) is 0 Å². The number of nitrogen functional groups attached to an aromatic ring is 1. The summed E-state index contributed by atoms with van der Waals surface area (Å²) in [6.07, 6.45) is 3.36. The van der Waals surface area contributed by atoms with E-state index >= 15 is 0 Å². The first kappa shape index (κ1) is 31.4. The van der Waals surface area contributed by atoms with Crippen LogP contribution in [0.5, 0.6) is 23.0 Å². The molecule has 5 rings (SSSR count). The fraction of sp³-hybridized carbons (Fsp3) is 0.206. The molecule has 11 heteroatoms. The number of benzene rings is 3. The smallest absolute Gasteiger partial charge is 0.356 e. The molecule has 2 N–H and O–H groups in total. The van der Waals surface area contributed by atoms with Gasteiger partial charge in [-0.15, -0.1) is 0 Å². The number of carbonyl (C=O) groups is 1. The van der Waals surface area contributed by atoms with E-state index in [1.807, 2.05) is 19.1 Å². The Morgan fingerprint density at radius 2 is 1.47 bits per heavy atom. The molecule has 10 nitrogen and oxygen atoms in total. The van der Waals surface area contributed by atoms with Crippen LogP contribution in [-0.4, -0.2) is 43.0 Å². The van der Waals surface area contributed by atoms with E-state index in [1.54, 1.807) is 67.8 Å². The van der Waals surface area contributed by atoms with Gasteiger partial charge in [-0.1, -0.05) is 0 Å². The predicted molar refractivity (Wildman–Crippen MR) is 176 cm³/mol. The van der Waals surface area contributed by atoms with Crippen molar-refractivity contribution in [2.75, 3.05) is 33.2 Å². The Hall–Kier alpha value is -5.03. The summed E-state index contributed by atoms with van der Waals surface area (Å²) in [6, 6.07) is 17.2. The van der Waals surface area contributed by atoms with Gasteiger partial charge in [-0.05, 0) is 102 Å². The minimum atomic E-state index is -0.694. The average Bonchev–Trinajstić information content (AvgIpc) is 3.05. The molecular formula is C34H32BrN3O7. The van der Waals surface area contributed by atoms with E-state index in [9.17, 15) is 9.59 Å². The van der Waals surface area contributed by atoms with Crippen LogP contribution in [0.25, 0.3) is 27.6 Å². The highest BCUT2D eigenvalue weighted by Gasteiger charge is 2.28. The summed E-state index contributed by atoms with van der Waals surface area (Å²) < 4.78 is 31.0. The third kappa shape index (κ3) is 6.30. The van der Waals surface area contributed by atoms with Crippen molar-refractivity contribution in [1.29, 1.82) is 0 Å². The lowest BCUT2D eigenvalue weighted by molar-refractivity contribution is 0.0517. The van der Waals surface area contributed by atoms with Crippen molar-refractivity contribution in [2.45, 2.75) is 20.5 Å². The molecule has 45 heavy (non-hydrogen) atoms. The maximum Gasteiger partial charge on any atom is 0.356 e. The lowest BCUT2D eigenvalue weighted by atomic mass is 9.95. The highest BCUT2D eigenvalue weighted by molar-refractivity contribution is 9.10. The maximum absolute atomic E-state index is 14.5. The van der Waals surface area contributed by atoms with Gasteiger partial charge in [-0.3, -0.25) is 14.3 Å². The fourth-order valence-corrected chi connectivity index (χ4v) is 5.55. The number of aromatic nitrogens is 2. The van der Waals surface area contributed by atoms with Crippen molar-refractivity contribution >= 4 is 38.4 Å². The van der Waals surface area contributed by atoms with Crippen molar-refractivity contribution in [3.63, 3.8) is 0 Å². The number of rotatable bonds is 11. The monoisotopic (exact) mass is 673 g/mol. The van der Waals surface area contributed by atoms with Crippen LogP contribution in [0.2, 0.25) is 0 Å². The molecule has 0 fully saturated rings. The Balaban J connectivity index is 1.92. The molecule has 5 aromatic rings. The van der Waals surface area contributed by atoms with Gasteiger partial charge in [0.1, 0.15) is 28.3 Å². The molecule has 0 radical (unpaired) electrons. The standard InChI is InChI=1S/C34H32BrN3O7/c1-5-43-26-17-24-25(18-27(26)45-19-20-11-13-37-14-12-20)33(39)38(23-9-7-22(36)8-10-23)32(34(40)44-6-2)30(24)21-15-28(41-3)31(35)29(16-21)42-4/h7-18H,5-6,19,36H2,1-4H3. The number of nitrogens with zero attached hydrogens (tertiary/aromatic N) is 2. The SMILES string of the molecule is CCOC(=O)c1c(-c2cc(OC)c(Br)c(OC)c2)c2cc(OCC)c(OCc3ccncc3)cc2c(=O)n1-c1ccc(N)cc1. The second-order valence-electron chi connectivity index (χ2n) is 9.79. The Morgan fingerprint density at radius 3 is 2.07 bits per heavy atom. The number of hydrogen-bond acceptors (Lipinski definition) is 9. The third-order valence-corrected chi connectivity index (χ3v) is 7.83. The summed E-state index contributed by atoms with van der Waals surface area (Å²) in [4.78, 5) is 32.4. The summed E-state index contributed by atoms with van der Waals surface area (Å²) in [6.45, 7) is 4.20. The number of esters is 1. The maximum atomic E-state index is 14.5. The summed E-state index contributed by atoms with van der Waals surface area (Å²) >= 11 is 3.53. The van der Waals surface area contributed by atoms with Crippen molar-refractivity contribution in [3.8, 4) is 39.8 Å². The Kier molecular flexibility index (Phi) is 9.58. The predicted octanol–water partition coefficient (Wildman–Crippen LogP) is 6.57. The summed E-state index contributed by atoms with van der Waals surface area (Å²) in [5.41, 5.74) is 8.28. The molecule has 0 spiro atoms. The molecule has 0 atom stereocenters. The van der Waals surface area contributed by atoms with E-state index in [1.165, 1.54) is 18.8 Å². The molecule has 0 saturated carbocycles. The van der Waals surface area contributed by atoms with Crippen LogP contribution in [-0.2, 0) is 11.3 Å². The van der Waals surface area contributed by atoms with E-state index in [0.29, 0.717) is 62.0 Å². The van der Waals surface area contributed by atoms with E-state index in [2.05, 4.69) is 20.9 Å². The quantitative estimate of drug-likeness (QED) is 0.122. The number of carbonyl (C=O) groups excluding carboxylic acids is 1. The van der Waals surface area contributed by atoms with Crippen molar-refractivity contribution < 1.29 is 28.5 Å². The minimum Gasteiger partial charge on any atom is -0.495 e. The van der Waals surface area contributed by atoms with Gasteiger partial charge in [0.15, 0.2) is 11.5 Å². The van der Waals surface area contributed by atoms with E-state index in [0.717, 1.165) is 5.56 Å². The van der Waals surface area contributed by atoms with Gasteiger partial charge in [0, 0.05) is 34.7 Å². The zero-order valence-electron chi connectivity index (χ0n) is 25.3. The van der Waals surface area contributed by atoms with Gasteiger partial charge in [0.2, 0.25) is 0 Å². The molecule has 2 aromatic heterocycles. The van der Waals surface area contributed by atoms with E-state index in [-0.39, 0.29) is 24.3 Å². The van der Waals surface area contributed by atoms with Crippen LogP contribution in [0.3, 0.4) is 0 Å². The van der Waals surface area contributed by atoms with Crippen LogP contribution in [0.4, 0.5) is 5.69 Å². The number of methoxy groups -OCH3 is 2. The zero-order chi connectivity index (χ0) is 32.1. The normalized spacial score (nSPS) is 10.9. The topological polar surface area (TPSA) is 124 Å². The van der Waals surface area contributed by atoms with Gasteiger partial charge in [-0.25, -0.2) is 4.79 Å². The number of nitrogens with two attached hydrogens (primary N) is 1. The van der Waals surface area contributed by atoms with Gasteiger partial charge in [0.25, 0.3) is 5.56 Å². The van der Waals surface area contributed by atoms with Crippen molar-refractivity contribution in [1.82, 2.24) is 9.55 Å². The molecule has 0 aliphatic carbocycles. The van der Waals surface area contributed by atoms with Crippen LogP contribution in [0.1, 0.15) is 29.9 Å². The van der Waals surface area contributed by atoms with Crippen LogP contribution in [0.15, 0.2) is 82.3 Å². The number of fused-ring (bicyclic) bond motifs is 1. The number of hydrogen-bond donors (Lipinski definition) is 1. The molecule has 0 bridgehead atoms. The number of halogens is 1. The van der Waals surface area contributed by atoms with E-state index < -0.39 is 11.5 Å². The summed E-state index contributed by atoms with van der Waals surface area (Å²) in [7, 11) is 3.06. The first-order chi connectivity index (χ1) is 21.8. The van der Waals surface area contributed by atoms with Crippen LogP contribution < -0.4 is 30.2 Å². The fourth-order valence-electron chi connectivity index (χ4n) is 4.99. The largest absolute Gasteiger partial charge is 0.495 e.